The van der Waals surface area contributed by atoms with Crippen molar-refractivity contribution in [2.75, 3.05) is 13.1 Å². The van der Waals surface area contributed by atoms with Gasteiger partial charge in [0.25, 0.3) is 0 Å². The first-order chi connectivity index (χ1) is 8.29. The van der Waals surface area contributed by atoms with Crippen molar-refractivity contribution in [1.82, 2.24) is 5.32 Å². The molecule has 8 nitrogen and oxygen atoms in total. The fraction of sp³-hybridized carbons (Fsp3) is 0.889. The van der Waals surface area contributed by atoms with Crippen LogP contribution < -0.4 is 16.8 Å². The summed E-state index contributed by atoms with van der Waals surface area (Å²) in [5.41, 5.74) is 10.6. The monoisotopic (exact) mass is 280 g/mol. The minimum absolute atomic E-state index is 0.198. The molecule has 1 fully saturated rings. The largest absolute Gasteiger partial charge is 0.759 e. The van der Waals surface area contributed by atoms with Crippen LogP contribution in [0.5, 0.6) is 0 Å². The third-order valence-electron chi connectivity index (χ3n) is 2.41. The molecular weight excluding hydrogens is 260 g/mol. The Morgan fingerprint density at radius 3 is 2.33 bits per heavy atom. The van der Waals surface area contributed by atoms with Crippen LogP contribution in [0.3, 0.4) is 0 Å². The molecule has 0 spiro atoms. The lowest BCUT2D eigenvalue weighted by Gasteiger charge is -2.19. The van der Waals surface area contributed by atoms with E-state index in [4.69, 9.17) is 29.0 Å². The fourth-order valence-corrected chi connectivity index (χ4v) is 1.65. The summed E-state index contributed by atoms with van der Waals surface area (Å²) in [6.45, 7) is 1.83. The summed E-state index contributed by atoms with van der Waals surface area (Å²) in [5.74, 6) is 0.198. The van der Waals surface area contributed by atoms with Crippen LogP contribution in [0.1, 0.15) is 32.1 Å². The maximum absolute atomic E-state index is 8.52. The van der Waals surface area contributed by atoms with Gasteiger partial charge in [-0.2, -0.15) is 0 Å². The van der Waals surface area contributed by atoms with Crippen LogP contribution in [0.15, 0.2) is 4.99 Å². The lowest BCUT2D eigenvalue weighted by atomic mass is 10.0. The third-order valence-corrected chi connectivity index (χ3v) is 2.41. The number of guanidine groups is 1. The number of nitrogens with two attached hydrogens (primary N) is 2. The molecule has 1 rings (SSSR count). The van der Waals surface area contributed by atoms with Crippen molar-refractivity contribution < 1.29 is 17.5 Å². The van der Waals surface area contributed by atoms with E-state index >= 15 is 0 Å². The standard InChI is InChI=1S/C9H20N4.H2O4S/c10-9(11)13-7-8-5-3-1-2-4-6-12-8;1-5(2,3)4/h8,12H,1-7H2,(H4,10,11,13);(H2,1,2,3,4)/p-2. The second-order valence-corrected chi connectivity index (χ2v) is 4.84. The van der Waals surface area contributed by atoms with Gasteiger partial charge >= 0.3 is 0 Å². The summed E-state index contributed by atoms with van der Waals surface area (Å²) in [5, 5.41) is 3.46. The smallest absolute Gasteiger partial charge is 0.185 e. The van der Waals surface area contributed by atoms with Gasteiger partial charge in [0.1, 0.15) is 0 Å². The molecule has 1 aliphatic rings. The zero-order chi connectivity index (χ0) is 14.0. The molecule has 1 unspecified atom stereocenters. The van der Waals surface area contributed by atoms with Gasteiger partial charge in [-0.1, -0.05) is 19.3 Å². The Balaban J connectivity index is 0.000000494. The maximum atomic E-state index is 8.52. The molecule has 0 aliphatic carbocycles. The van der Waals surface area contributed by atoms with Gasteiger partial charge in [-0.15, -0.1) is 0 Å². The van der Waals surface area contributed by atoms with E-state index in [1.165, 1.54) is 32.1 Å². The molecule has 1 atom stereocenters. The molecule has 9 heteroatoms. The first-order valence-corrected chi connectivity index (χ1v) is 7.08. The second-order valence-electron chi connectivity index (χ2n) is 4.03. The van der Waals surface area contributed by atoms with Crippen molar-refractivity contribution in [2.45, 2.75) is 38.1 Å². The Bertz CT molecular complexity index is 324. The molecule has 0 aromatic rings. The zero-order valence-corrected chi connectivity index (χ0v) is 11.0. The Hall–Kier alpha value is -0.900. The molecule has 5 N–H and O–H groups in total. The fourth-order valence-electron chi connectivity index (χ4n) is 1.65. The van der Waals surface area contributed by atoms with Crippen LogP contribution in [0, 0.1) is 0 Å². The van der Waals surface area contributed by atoms with Gasteiger partial charge in [0.2, 0.25) is 0 Å². The number of hydrogen-bond donors (Lipinski definition) is 3. The summed E-state index contributed by atoms with van der Waals surface area (Å²) in [4.78, 5) is 4.03. The van der Waals surface area contributed by atoms with Crippen LogP contribution in [-0.4, -0.2) is 42.6 Å². The first-order valence-electron chi connectivity index (χ1n) is 5.74. The molecule has 0 aromatic heterocycles. The van der Waals surface area contributed by atoms with Crippen LogP contribution in [0.2, 0.25) is 0 Å². The van der Waals surface area contributed by atoms with Crippen LogP contribution in [-0.2, 0) is 10.4 Å². The van der Waals surface area contributed by atoms with E-state index in [9.17, 15) is 0 Å². The molecule has 0 saturated carbocycles. The van der Waals surface area contributed by atoms with E-state index in [1.807, 2.05) is 0 Å². The highest BCUT2D eigenvalue weighted by Crippen LogP contribution is 2.09. The highest BCUT2D eigenvalue weighted by molar-refractivity contribution is 7.79. The van der Waals surface area contributed by atoms with Gasteiger partial charge in [-0.25, -0.2) is 0 Å². The summed E-state index contributed by atoms with van der Waals surface area (Å²) >= 11 is 0. The van der Waals surface area contributed by atoms with Crippen molar-refractivity contribution in [1.29, 1.82) is 0 Å². The molecule has 0 amide bonds. The predicted octanol–water partition coefficient (Wildman–Crippen LogP) is -1.16. The normalized spacial score (nSPS) is 20.9. The van der Waals surface area contributed by atoms with Crippen molar-refractivity contribution in [2.24, 2.45) is 16.5 Å². The minimum Gasteiger partial charge on any atom is -0.759 e. The average molecular weight is 280 g/mol. The van der Waals surface area contributed by atoms with Gasteiger partial charge in [0.05, 0.1) is 6.54 Å². The molecule has 0 radical (unpaired) electrons. The van der Waals surface area contributed by atoms with E-state index in [0.717, 1.165) is 13.1 Å². The van der Waals surface area contributed by atoms with Crippen molar-refractivity contribution >= 4 is 16.4 Å². The Kier molecular flexibility index (Phi) is 8.63. The molecule has 18 heavy (non-hydrogen) atoms. The Labute approximate surface area is 107 Å². The average Bonchev–Trinajstić information content (AvgIpc) is 2.12. The Morgan fingerprint density at radius 2 is 1.78 bits per heavy atom. The van der Waals surface area contributed by atoms with Crippen LogP contribution in [0.25, 0.3) is 0 Å². The number of nitrogens with one attached hydrogen (secondary N) is 1. The summed E-state index contributed by atoms with van der Waals surface area (Å²) in [6.07, 6.45) is 6.45. The molecule has 0 aromatic carbocycles. The number of nitrogens with zero attached hydrogens (tertiary/aromatic N) is 1. The highest BCUT2D eigenvalue weighted by Gasteiger charge is 2.09. The van der Waals surface area contributed by atoms with Crippen molar-refractivity contribution in [3.63, 3.8) is 0 Å². The van der Waals surface area contributed by atoms with Crippen LogP contribution in [0.4, 0.5) is 0 Å². The predicted molar refractivity (Wildman–Crippen MR) is 66.0 cm³/mol. The quantitative estimate of drug-likeness (QED) is 0.249. The van der Waals surface area contributed by atoms with Gasteiger partial charge in [-0.3, -0.25) is 13.4 Å². The number of aliphatic imine (C=N–C) groups is 1. The van der Waals surface area contributed by atoms with E-state index in [1.54, 1.807) is 0 Å². The van der Waals surface area contributed by atoms with E-state index < -0.39 is 10.4 Å². The van der Waals surface area contributed by atoms with Crippen molar-refractivity contribution in [3.8, 4) is 0 Å². The van der Waals surface area contributed by atoms with Gasteiger partial charge in [-0.05, 0) is 19.4 Å². The molecule has 1 heterocycles. The van der Waals surface area contributed by atoms with E-state index in [-0.39, 0.29) is 5.96 Å². The Morgan fingerprint density at radius 1 is 1.22 bits per heavy atom. The zero-order valence-electron chi connectivity index (χ0n) is 10.2. The summed E-state index contributed by atoms with van der Waals surface area (Å²) in [6, 6.07) is 0.474. The van der Waals surface area contributed by atoms with Crippen LogP contribution >= 0.6 is 0 Å². The SMILES string of the molecule is NC(N)=NCC1CCCCCCN1.O=S(=O)([O-])[O-]. The lowest BCUT2D eigenvalue weighted by Crippen LogP contribution is -2.35. The second kappa shape index (κ2) is 9.09. The van der Waals surface area contributed by atoms with Gasteiger partial charge in [0.15, 0.2) is 5.96 Å². The molecule has 0 bridgehead atoms. The first kappa shape index (κ1) is 17.1. The number of rotatable bonds is 2. The van der Waals surface area contributed by atoms with E-state index in [0.29, 0.717) is 6.04 Å². The van der Waals surface area contributed by atoms with Crippen molar-refractivity contribution in [3.05, 3.63) is 0 Å². The third kappa shape index (κ3) is 15.1. The molecule has 1 aliphatic heterocycles. The molecule has 1 saturated heterocycles. The molecule has 108 valence electrons. The molecular formula is C9H20N4O4S-2. The number of hydrogen-bond acceptors (Lipinski definition) is 6. The summed E-state index contributed by atoms with van der Waals surface area (Å²) < 4.78 is 34.1. The van der Waals surface area contributed by atoms with Gasteiger partial charge < -0.3 is 25.9 Å². The van der Waals surface area contributed by atoms with Gasteiger partial charge in [0, 0.05) is 16.4 Å². The highest BCUT2D eigenvalue weighted by atomic mass is 32.3. The lowest BCUT2D eigenvalue weighted by molar-refractivity contribution is 0.352. The maximum Gasteiger partial charge on any atom is 0.185 e. The van der Waals surface area contributed by atoms with E-state index in [2.05, 4.69) is 10.3 Å². The topological polar surface area (TPSA) is 157 Å². The summed E-state index contributed by atoms with van der Waals surface area (Å²) in [7, 11) is -5.17. The minimum atomic E-state index is -5.17.